The van der Waals surface area contributed by atoms with Gasteiger partial charge in [0, 0.05) is 0 Å². The van der Waals surface area contributed by atoms with E-state index in [9.17, 15) is 4.79 Å². The van der Waals surface area contributed by atoms with Gasteiger partial charge in [0.1, 0.15) is 6.10 Å². The SMILES string of the molecule is CC(C)C1CC(C(N)COCc2cccc3ccccc23)OC1=O. The van der Waals surface area contributed by atoms with Crippen LogP contribution in [0.25, 0.3) is 10.8 Å². The fourth-order valence-corrected chi connectivity index (χ4v) is 3.27. The lowest BCUT2D eigenvalue weighted by Crippen LogP contribution is -2.38. The van der Waals surface area contributed by atoms with Crippen molar-refractivity contribution in [2.75, 3.05) is 6.61 Å². The number of carbonyl (C=O) groups is 1. The molecule has 0 radical (unpaired) electrons. The second kappa shape index (κ2) is 7.32. The van der Waals surface area contributed by atoms with Crippen molar-refractivity contribution in [1.29, 1.82) is 0 Å². The number of ether oxygens (including phenoxy) is 2. The van der Waals surface area contributed by atoms with Crippen LogP contribution in [0.15, 0.2) is 42.5 Å². The van der Waals surface area contributed by atoms with Gasteiger partial charge in [-0.05, 0) is 28.7 Å². The molecule has 2 aromatic rings. The molecule has 0 saturated carbocycles. The summed E-state index contributed by atoms with van der Waals surface area (Å²) in [7, 11) is 0. The first-order valence-corrected chi connectivity index (χ1v) is 8.56. The monoisotopic (exact) mass is 327 g/mol. The molecule has 4 heteroatoms. The zero-order valence-corrected chi connectivity index (χ0v) is 14.3. The zero-order valence-electron chi connectivity index (χ0n) is 14.3. The molecule has 1 heterocycles. The van der Waals surface area contributed by atoms with Crippen molar-refractivity contribution in [3.8, 4) is 0 Å². The number of esters is 1. The van der Waals surface area contributed by atoms with Crippen LogP contribution in [0.3, 0.4) is 0 Å². The van der Waals surface area contributed by atoms with Gasteiger partial charge in [0.15, 0.2) is 0 Å². The first kappa shape index (κ1) is 16.9. The van der Waals surface area contributed by atoms with Crippen LogP contribution in [-0.2, 0) is 20.9 Å². The third-order valence-electron chi connectivity index (χ3n) is 4.79. The lowest BCUT2D eigenvalue weighted by Gasteiger charge is -2.18. The van der Waals surface area contributed by atoms with Gasteiger partial charge in [-0.1, -0.05) is 56.3 Å². The van der Waals surface area contributed by atoms with Gasteiger partial charge in [-0.3, -0.25) is 4.79 Å². The number of nitrogens with two attached hydrogens (primary N) is 1. The fraction of sp³-hybridized carbons (Fsp3) is 0.450. The molecule has 1 fully saturated rings. The van der Waals surface area contributed by atoms with Crippen molar-refractivity contribution in [3.63, 3.8) is 0 Å². The second-order valence-corrected chi connectivity index (χ2v) is 6.88. The maximum absolute atomic E-state index is 11.9. The standard InChI is InChI=1S/C20H25NO3/c1-13(2)17-10-19(24-20(17)22)18(21)12-23-11-15-8-5-7-14-6-3-4-9-16(14)15/h3-9,13,17-19H,10-12,21H2,1-2H3. The van der Waals surface area contributed by atoms with Gasteiger partial charge < -0.3 is 15.2 Å². The zero-order chi connectivity index (χ0) is 17.1. The number of cyclic esters (lactones) is 1. The molecule has 0 spiro atoms. The largest absolute Gasteiger partial charge is 0.460 e. The van der Waals surface area contributed by atoms with Crippen LogP contribution in [0.1, 0.15) is 25.8 Å². The van der Waals surface area contributed by atoms with Crippen LogP contribution in [-0.4, -0.2) is 24.7 Å². The molecule has 3 atom stereocenters. The minimum absolute atomic E-state index is 0.0425. The average molecular weight is 327 g/mol. The van der Waals surface area contributed by atoms with Crippen molar-refractivity contribution >= 4 is 16.7 Å². The molecule has 4 nitrogen and oxygen atoms in total. The Balaban J connectivity index is 1.55. The maximum atomic E-state index is 11.9. The van der Waals surface area contributed by atoms with Gasteiger partial charge in [0.05, 0.1) is 25.2 Å². The van der Waals surface area contributed by atoms with E-state index in [0.29, 0.717) is 19.6 Å². The highest BCUT2D eigenvalue weighted by Gasteiger charge is 2.39. The quantitative estimate of drug-likeness (QED) is 0.827. The van der Waals surface area contributed by atoms with Crippen LogP contribution < -0.4 is 5.73 Å². The molecule has 2 N–H and O–H groups in total. The van der Waals surface area contributed by atoms with E-state index in [1.54, 1.807) is 0 Å². The average Bonchev–Trinajstić information content (AvgIpc) is 2.97. The van der Waals surface area contributed by atoms with E-state index in [-0.39, 0.29) is 30.0 Å². The summed E-state index contributed by atoms with van der Waals surface area (Å²) in [5.74, 6) is 0.116. The Morgan fingerprint density at radius 3 is 2.71 bits per heavy atom. The molecule has 0 aromatic heterocycles. The van der Waals surface area contributed by atoms with Gasteiger partial charge in [0.25, 0.3) is 0 Å². The van der Waals surface area contributed by atoms with Crippen molar-refractivity contribution < 1.29 is 14.3 Å². The van der Waals surface area contributed by atoms with E-state index < -0.39 is 0 Å². The van der Waals surface area contributed by atoms with E-state index in [2.05, 4.69) is 24.3 Å². The van der Waals surface area contributed by atoms with E-state index in [4.69, 9.17) is 15.2 Å². The number of fused-ring (bicyclic) bond motifs is 1. The lowest BCUT2D eigenvalue weighted by molar-refractivity contribution is -0.146. The predicted molar refractivity (Wildman–Crippen MR) is 94.4 cm³/mol. The number of carbonyl (C=O) groups excluding carboxylic acids is 1. The van der Waals surface area contributed by atoms with E-state index in [1.165, 1.54) is 10.8 Å². The molecule has 3 unspecified atom stereocenters. The first-order valence-electron chi connectivity index (χ1n) is 8.56. The highest BCUT2D eigenvalue weighted by atomic mass is 16.6. The summed E-state index contributed by atoms with van der Waals surface area (Å²) in [6, 6.07) is 14.2. The molecule has 1 aliphatic heterocycles. The van der Waals surface area contributed by atoms with E-state index >= 15 is 0 Å². The summed E-state index contributed by atoms with van der Waals surface area (Å²) in [5, 5.41) is 2.40. The van der Waals surface area contributed by atoms with Gasteiger partial charge in [-0.15, -0.1) is 0 Å². The molecule has 1 aliphatic rings. The Bertz CT molecular complexity index is 708. The van der Waals surface area contributed by atoms with Crippen molar-refractivity contribution in [2.45, 2.75) is 39.0 Å². The van der Waals surface area contributed by atoms with Gasteiger partial charge in [-0.25, -0.2) is 0 Å². The third-order valence-corrected chi connectivity index (χ3v) is 4.79. The predicted octanol–water partition coefficient (Wildman–Crippen LogP) is 3.27. The minimum Gasteiger partial charge on any atom is -0.460 e. The molecule has 24 heavy (non-hydrogen) atoms. The third kappa shape index (κ3) is 3.60. The van der Waals surface area contributed by atoms with E-state index in [1.807, 2.05) is 32.0 Å². The summed E-state index contributed by atoms with van der Waals surface area (Å²) >= 11 is 0. The number of hydrogen-bond acceptors (Lipinski definition) is 4. The topological polar surface area (TPSA) is 61.6 Å². The Morgan fingerprint density at radius 2 is 1.96 bits per heavy atom. The summed E-state index contributed by atoms with van der Waals surface area (Å²) in [4.78, 5) is 11.9. The molecule has 0 aliphatic carbocycles. The molecule has 2 aromatic carbocycles. The summed E-state index contributed by atoms with van der Waals surface area (Å²) in [6.45, 7) is 4.96. The number of benzene rings is 2. The highest BCUT2D eigenvalue weighted by molar-refractivity contribution is 5.85. The molecular formula is C20H25NO3. The minimum atomic E-state index is -0.285. The fourth-order valence-electron chi connectivity index (χ4n) is 3.27. The normalized spacial score (nSPS) is 22.1. The summed E-state index contributed by atoms with van der Waals surface area (Å²) in [6.07, 6.45) is 0.451. The Labute approximate surface area is 142 Å². The maximum Gasteiger partial charge on any atom is 0.309 e. The van der Waals surface area contributed by atoms with Crippen LogP contribution >= 0.6 is 0 Å². The van der Waals surface area contributed by atoms with E-state index in [0.717, 1.165) is 5.56 Å². The van der Waals surface area contributed by atoms with Crippen molar-refractivity contribution in [2.24, 2.45) is 17.6 Å². The highest BCUT2D eigenvalue weighted by Crippen LogP contribution is 2.29. The Kier molecular flexibility index (Phi) is 5.17. The smallest absolute Gasteiger partial charge is 0.309 e. The number of hydrogen-bond donors (Lipinski definition) is 1. The molecule has 128 valence electrons. The van der Waals surface area contributed by atoms with Gasteiger partial charge in [0.2, 0.25) is 0 Å². The number of rotatable bonds is 6. The lowest BCUT2D eigenvalue weighted by atomic mass is 9.91. The molecule has 0 bridgehead atoms. The van der Waals surface area contributed by atoms with Crippen LogP contribution in [0.4, 0.5) is 0 Å². The van der Waals surface area contributed by atoms with Gasteiger partial charge >= 0.3 is 5.97 Å². The molecule has 3 rings (SSSR count). The molecular weight excluding hydrogens is 302 g/mol. The van der Waals surface area contributed by atoms with Crippen LogP contribution in [0.2, 0.25) is 0 Å². The van der Waals surface area contributed by atoms with Gasteiger partial charge in [-0.2, -0.15) is 0 Å². The molecule has 0 amide bonds. The Hall–Kier alpha value is -1.91. The summed E-state index contributed by atoms with van der Waals surface area (Å²) in [5.41, 5.74) is 7.32. The van der Waals surface area contributed by atoms with Crippen molar-refractivity contribution in [1.82, 2.24) is 0 Å². The van der Waals surface area contributed by atoms with Crippen LogP contribution in [0, 0.1) is 11.8 Å². The first-order chi connectivity index (χ1) is 11.6. The Morgan fingerprint density at radius 1 is 1.21 bits per heavy atom. The molecule has 1 saturated heterocycles. The van der Waals surface area contributed by atoms with Crippen LogP contribution in [0.5, 0.6) is 0 Å². The second-order valence-electron chi connectivity index (χ2n) is 6.88. The summed E-state index contributed by atoms with van der Waals surface area (Å²) < 4.78 is 11.2. The van der Waals surface area contributed by atoms with Crippen molar-refractivity contribution in [3.05, 3.63) is 48.0 Å².